The van der Waals surface area contributed by atoms with Crippen molar-refractivity contribution in [3.63, 3.8) is 0 Å². The van der Waals surface area contributed by atoms with Gasteiger partial charge >= 0.3 is 0 Å². The highest BCUT2D eigenvalue weighted by Crippen LogP contribution is 2.13. The van der Waals surface area contributed by atoms with E-state index >= 15 is 0 Å². The maximum atomic E-state index is 12.5. The first-order valence-corrected chi connectivity index (χ1v) is 8.75. The van der Waals surface area contributed by atoms with E-state index in [0.717, 1.165) is 18.7 Å². The minimum atomic E-state index is -0.177. The van der Waals surface area contributed by atoms with Crippen LogP contribution in [0.25, 0.3) is 5.69 Å². The fourth-order valence-electron chi connectivity index (χ4n) is 2.85. The number of carbonyl (C=O) groups is 1. The molecular formula is C21H19N5O. The van der Waals surface area contributed by atoms with E-state index in [1.807, 2.05) is 70.3 Å². The first-order valence-electron chi connectivity index (χ1n) is 8.75. The van der Waals surface area contributed by atoms with Crippen LogP contribution in [0.2, 0.25) is 0 Å². The van der Waals surface area contributed by atoms with Crippen LogP contribution in [0.5, 0.6) is 0 Å². The molecule has 0 saturated heterocycles. The van der Waals surface area contributed by atoms with Gasteiger partial charge in [0, 0.05) is 54.8 Å². The van der Waals surface area contributed by atoms with Crippen molar-refractivity contribution in [3.05, 3.63) is 96.7 Å². The molecule has 0 spiro atoms. The molecular weight excluding hydrogens is 338 g/mol. The summed E-state index contributed by atoms with van der Waals surface area (Å²) in [5.74, 6) is 0.365. The number of nitrogens with zero attached hydrogens (tertiary/aromatic N) is 4. The van der Waals surface area contributed by atoms with E-state index in [-0.39, 0.29) is 5.91 Å². The normalized spacial score (nSPS) is 10.7. The molecule has 4 rings (SSSR count). The number of nitrogens with one attached hydrogen (secondary N) is 1. The molecule has 1 aromatic carbocycles. The van der Waals surface area contributed by atoms with Crippen LogP contribution < -0.4 is 5.32 Å². The van der Waals surface area contributed by atoms with Crippen LogP contribution in [0.15, 0.2) is 85.6 Å². The van der Waals surface area contributed by atoms with Gasteiger partial charge in [-0.3, -0.25) is 14.5 Å². The second-order valence-electron chi connectivity index (χ2n) is 6.16. The number of aryl methyl sites for hydroxylation is 2. The quantitative estimate of drug-likeness (QED) is 0.574. The van der Waals surface area contributed by atoms with Crippen LogP contribution in [0.4, 0.5) is 5.82 Å². The van der Waals surface area contributed by atoms with Crippen LogP contribution in [-0.4, -0.2) is 25.2 Å². The predicted molar refractivity (Wildman–Crippen MR) is 104 cm³/mol. The number of carbonyl (C=O) groups excluding carboxylic acids is 1. The summed E-state index contributed by atoms with van der Waals surface area (Å²) in [6.07, 6.45) is 10.2. The van der Waals surface area contributed by atoms with Crippen LogP contribution in [0, 0.1) is 0 Å². The summed E-state index contributed by atoms with van der Waals surface area (Å²) in [6, 6.07) is 17.2. The third-order valence-electron chi connectivity index (χ3n) is 4.27. The molecule has 0 fully saturated rings. The van der Waals surface area contributed by atoms with Crippen molar-refractivity contribution in [1.29, 1.82) is 0 Å². The van der Waals surface area contributed by atoms with Crippen LogP contribution in [-0.2, 0) is 13.0 Å². The van der Waals surface area contributed by atoms with Gasteiger partial charge in [0.2, 0.25) is 0 Å². The fourth-order valence-corrected chi connectivity index (χ4v) is 2.85. The van der Waals surface area contributed by atoms with Gasteiger partial charge in [-0.1, -0.05) is 6.07 Å². The Morgan fingerprint density at radius 1 is 0.963 bits per heavy atom. The topological polar surface area (TPSA) is 64.7 Å². The van der Waals surface area contributed by atoms with Gasteiger partial charge in [0.15, 0.2) is 5.82 Å². The molecule has 1 amide bonds. The zero-order valence-electron chi connectivity index (χ0n) is 14.7. The van der Waals surface area contributed by atoms with Gasteiger partial charge in [-0.15, -0.1) is 0 Å². The number of pyridine rings is 1. The molecule has 3 heterocycles. The molecule has 134 valence electrons. The highest BCUT2D eigenvalue weighted by molar-refractivity contribution is 6.04. The van der Waals surface area contributed by atoms with Gasteiger partial charge in [0.05, 0.1) is 0 Å². The lowest BCUT2D eigenvalue weighted by Crippen LogP contribution is -2.13. The molecule has 0 aliphatic carbocycles. The maximum Gasteiger partial charge on any atom is 0.256 e. The Morgan fingerprint density at radius 2 is 1.78 bits per heavy atom. The van der Waals surface area contributed by atoms with E-state index in [1.165, 1.54) is 5.56 Å². The lowest BCUT2D eigenvalue weighted by molar-refractivity contribution is 0.102. The summed E-state index contributed by atoms with van der Waals surface area (Å²) in [7, 11) is 0. The van der Waals surface area contributed by atoms with Crippen molar-refractivity contribution >= 4 is 11.7 Å². The molecule has 0 aliphatic rings. The predicted octanol–water partition coefficient (Wildman–Crippen LogP) is 3.56. The van der Waals surface area contributed by atoms with Gasteiger partial charge in [-0.05, 0) is 54.4 Å². The summed E-state index contributed by atoms with van der Waals surface area (Å²) in [5, 5.41) is 7.29. The maximum absolute atomic E-state index is 12.5. The monoisotopic (exact) mass is 357 g/mol. The summed E-state index contributed by atoms with van der Waals surface area (Å²) in [4.78, 5) is 16.6. The minimum Gasteiger partial charge on any atom is -0.324 e. The number of amides is 1. The van der Waals surface area contributed by atoms with Crippen molar-refractivity contribution in [2.75, 3.05) is 5.32 Å². The van der Waals surface area contributed by atoms with Gasteiger partial charge < -0.3 is 9.88 Å². The second kappa shape index (κ2) is 7.70. The fraction of sp³-hybridized carbons (Fsp3) is 0.0952. The zero-order valence-corrected chi connectivity index (χ0v) is 14.7. The molecule has 0 unspecified atom stereocenters. The van der Waals surface area contributed by atoms with Crippen molar-refractivity contribution in [1.82, 2.24) is 19.3 Å². The Hall–Kier alpha value is -3.67. The van der Waals surface area contributed by atoms with Crippen molar-refractivity contribution in [2.45, 2.75) is 13.0 Å². The third-order valence-corrected chi connectivity index (χ3v) is 4.27. The minimum absolute atomic E-state index is 0.177. The smallest absolute Gasteiger partial charge is 0.256 e. The standard InChI is InChI=1S/C21H19N5O/c27-21(18-4-3-5-19(16-18)25-12-1-2-13-25)23-20-9-15-26(24-20)14-8-17-6-10-22-11-7-17/h1-7,9-13,15-16H,8,14H2,(H,23,24,27). The molecule has 1 N–H and O–H groups in total. The van der Waals surface area contributed by atoms with Crippen LogP contribution in [0.3, 0.4) is 0 Å². The molecule has 6 heteroatoms. The molecule has 0 radical (unpaired) electrons. The average molecular weight is 357 g/mol. The highest BCUT2D eigenvalue weighted by Gasteiger charge is 2.09. The van der Waals surface area contributed by atoms with E-state index in [0.29, 0.717) is 11.4 Å². The molecule has 4 aromatic rings. The number of hydrogen-bond acceptors (Lipinski definition) is 3. The Bertz CT molecular complexity index is 1020. The van der Waals surface area contributed by atoms with Gasteiger partial charge in [-0.25, -0.2) is 0 Å². The van der Waals surface area contributed by atoms with E-state index in [1.54, 1.807) is 24.5 Å². The van der Waals surface area contributed by atoms with Crippen LogP contribution in [0.1, 0.15) is 15.9 Å². The van der Waals surface area contributed by atoms with Gasteiger partial charge in [0.25, 0.3) is 5.91 Å². The summed E-state index contributed by atoms with van der Waals surface area (Å²) < 4.78 is 3.79. The van der Waals surface area contributed by atoms with Crippen LogP contribution >= 0.6 is 0 Å². The largest absolute Gasteiger partial charge is 0.324 e. The zero-order chi connectivity index (χ0) is 18.5. The number of benzene rings is 1. The Balaban J connectivity index is 1.40. The molecule has 0 atom stereocenters. The molecule has 0 saturated carbocycles. The number of aromatic nitrogens is 4. The molecule has 0 aliphatic heterocycles. The van der Waals surface area contributed by atoms with Gasteiger partial charge in [-0.2, -0.15) is 5.10 Å². The number of rotatable bonds is 6. The van der Waals surface area contributed by atoms with Crippen molar-refractivity contribution in [3.8, 4) is 5.69 Å². The van der Waals surface area contributed by atoms with E-state index in [9.17, 15) is 4.79 Å². The Kier molecular flexibility index (Phi) is 4.78. The highest BCUT2D eigenvalue weighted by atomic mass is 16.1. The average Bonchev–Trinajstić information content (AvgIpc) is 3.40. The molecule has 0 bridgehead atoms. The molecule has 6 nitrogen and oxygen atoms in total. The third kappa shape index (κ3) is 4.12. The lowest BCUT2D eigenvalue weighted by atomic mass is 10.2. The number of anilines is 1. The Labute approximate surface area is 157 Å². The first-order chi connectivity index (χ1) is 13.3. The van der Waals surface area contributed by atoms with Crippen molar-refractivity contribution < 1.29 is 4.79 Å². The van der Waals surface area contributed by atoms with E-state index < -0.39 is 0 Å². The summed E-state index contributed by atoms with van der Waals surface area (Å²) in [5.41, 5.74) is 2.73. The van der Waals surface area contributed by atoms with E-state index in [4.69, 9.17) is 0 Å². The lowest BCUT2D eigenvalue weighted by Gasteiger charge is -2.06. The second-order valence-corrected chi connectivity index (χ2v) is 6.16. The Morgan fingerprint density at radius 3 is 2.59 bits per heavy atom. The SMILES string of the molecule is O=C(Nc1ccn(CCc2ccncc2)n1)c1cccc(-n2cccc2)c1. The van der Waals surface area contributed by atoms with Crippen molar-refractivity contribution in [2.24, 2.45) is 0 Å². The summed E-state index contributed by atoms with van der Waals surface area (Å²) >= 11 is 0. The molecule has 27 heavy (non-hydrogen) atoms. The van der Waals surface area contributed by atoms with E-state index in [2.05, 4.69) is 15.4 Å². The van der Waals surface area contributed by atoms with Gasteiger partial charge in [0.1, 0.15) is 0 Å². The number of hydrogen-bond donors (Lipinski definition) is 1. The summed E-state index contributed by atoms with van der Waals surface area (Å²) in [6.45, 7) is 0.739. The molecule has 3 aromatic heterocycles. The first kappa shape index (κ1) is 16.8.